The molecule has 0 fully saturated rings. The number of aromatic nitrogens is 2. The molecule has 92 valence electrons. The van der Waals surface area contributed by atoms with E-state index in [1.165, 1.54) is 24.6 Å². The molecule has 0 amide bonds. The lowest BCUT2D eigenvalue weighted by molar-refractivity contribution is -0.384. The van der Waals surface area contributed by atoms with E-state index in [0.717, 1.165) is 0 Å². The molecule has 1 N–H and O–H groups in total. The van der Waals surface area contributed by atoms with Gasteiger partial charge in [0.1, 0.15) is 12.0 Å². The van der Waals surface area contributed by atoms with Gasteiger partial charge in [-0.2, -0.15) is 4.98 Å². The topological polar surface area (TPSA) is 111 Å². The molecule has 0 saturated carbocycles. The third kappa shape index (κ3) is 2.48. The summed E-state index contributed by atoms with van der Waals surface area (Å²) in [5, 5.41) is 17.2. The van der Waals surface area contributed by atoms with Gasteiger partial charge in [-0.3, -0.25) is 14.9 Å². The van der Waals surface area contributed by atoms with Gasteiger partial charge in [-0.05, 0) is 12.1 Å². The predicted molar refractivity (Wildman–Crippen MR) is 60.1 cm³/mol. The number of nitro groups is 1. The molecule has 0 aliphatic carbocycles. The number of carbonyl (C=O) groups excluding carboxylic acids is 1. The maximum absolute atomic E-state index is 10.9. The zero-order valence-electron chi connectivity index (χ0n) is 9.07. The number of nitrogens with one attached hydrogen (secondary N) is 1. The Morgan fingerprint density at radius 3 is 2.94 bits per heavy atom. The number of anilines is 1. The Bertz CT molecular complexity index is 567. The van der Waals surface area contributed by atoms with Crippen LogP contribution in [0.2, 0.25) is 0 Å². The first-order chi connectivity index (χ1) is 8.70. The van der Waals surface area contributed by atoms with Gasteiger partial charge in [0.05, 0.1) is 11.5 Å². The van der Waals surface area contributed by atoms with Gasteiger partial charge in [-0.1, -0.05) is 5.16 Å². The van der Waals surface area contributed by atoms with E-state index in [-0.39, 0.29) is 23.5 Å². The molecular formula is C10H8N4O4. The minimum atomic E-state index is -0.564. The van der Waals surface area contributed by atoms with Gasteiger partial charge in [-0.15, -0.1) is 0 Å². The number of rotatable bonds is 5. The minimum absolute atomic E-state index is 0.178. The second-order valence-corrected chi connectivity index (χ2v) is 3.35. The van der Waals surface area contributed by atoms with Gasteiger partial charge in [0, 0.05) is 11.6 Å². The summed E-state index contributed by atoms with van der Waals surface area (Å²) in [5.74, 6) is 0.378. The number of benzene rings is 1. The molecule has 1 aromatic carbocycles. The Kier molecular flexibility index (Phi) is 3.28. The number of nitro benzene ring substituents is 1. The van der Waals surface area contributed by atoms with Crippen LogP contribution in [-0.2, 0) is 6.54 Å². The predicted octanol–water partition coefficient (Wildman–Crippen LogP) is 1.40. The van der Waals surface area contributed by atoms with Gasteiger partial charge >= 0.3 is 0 Å². The number of hydrogen-bond donors (Lipinski definition) is 1. The molecule has 0 aliphatic rings. The molecule has 0 saturated heterocycles. The number of aldehydes is 1. The minimum Gasteiger partial charge on any atom is -0.372 e. The van der Waals surface area contributed by atoms with Crippen molar-refractivity contribution < 1.29 is 14.2 Å². The van der Waals surface area contributed by atoms with Crippen LogP contribution in [0.5, 0.6) is 0 Å². The van der Waals surface area contributed by atoms with Crippen molar-refractivity contribution in [3.05, 3.63) is 46.1 Å². The summed E-state index contributed by atoms with van der Waals surface area (Å²) in [4.78, 5) is 24.6. The zero-order chi connectivity index (χ0) is 13.0. The Morgan fingerprint density at radius 2 is 2.33 bits per heavy atom. The SMILES string of the molecule is O=Cc1ccc(NCc2ncon2)c([N+](=O)[O-])c1. The van der Waals surface area contributed by atoms with Crippen molar-refractivity contribution in [3.8, 4) is 0 Å². The molecule has 2 aromatic rings. The molecule has 0 spiro atoms. The van der Waals surface area contributed by atoms with Gasteiger partial charge in [-0.25, -0.2) is 0 Å². The van der Waals surface area contributed by atoms with E-state index < -0.39 is 4.92 Å². The van der Waals surface area contributed by atoms with E-state index in [4.69, 9.17) is 0 Å². The van der Waals surface area contributed by atoms with E-state index in [1.54, 1.807) is 0 Å². The average molecular weight is 248 g/mol. The number of nitrogens with zero attached hydrogens (tertiary/aromatic N) is 3. The summed E-state index contributed by atoms with van der Waals surface area (Å²) >= 11 is 0. The highest BCUT2D eigenvalue weighted by Crippen LogP contribution is 2.25. The van der Waals surface area contributed by atoms with E-state index >= 15 is 0 Å². The third-order valence-corrected chi connectivity index (χ3v) is 2.20. The molecule has 1 aromatic heterocycles. The standard InChI is InChI=1S/C10H8N4O4/c15-5-7-1-2-8(9(3-7)14(16)17)11-4-10-12-6-18-13-10/h1-3,5-6,11H,4H2. The number of carbonyl (C=O) groups is 1. The zero-order valence-corrected chi connectivity index (χ0v) is 9.07. The first kappa shape index (κ1) is 11.7. The Labute approximate surface area is 101 Å². The highest BCUT2D eigenvalue weighted by Gasteiger charge is 2.14. The lowest BCUT2D eigenvalue weighted by atomic mass is 10.2. The van der Waals surface area contributed by atoms with Crippen LogP contribution in [-0.4, -0.2) is 21.4 Å². The van der Waals surface area contributed by atoms with Crippen LogP contribution < -0.4 is 5.32 Å². The maximum atomic E-state index is 10.9. The van der Waals surface area contributed by atoms with Crippen LogP contribution in [0.15, 0.2) is 29.1 Å². The molecule has 1 heterocycles. The third-order valence-electron chi connectivity index (χ3n) is 2.20. The van der Waals surface area contributed by atoms with E-state index in [9.17, 15) is 14.9 Å². The number of hydrogen-bond acceptors (Lipinski definition) is 7. The van der Waals surface area contributed by atoms with Crippen molar-refractivity contribution in [1.29, 1.82) is 0 Å². The maximum Gasteiger partial charge on any atom is 0.293 e. The van der Waals surface area contributed by atoms with E-state index in [2.05, 4.69) is 20.0 Å². The van der Waals surface area contributed by atoms with Crippen LogP contribution in [0.25, 0.3) is 0 Å². The van der Waals surface area contributed by atoms with Gasteiger partial charge in [0.25, 0.3) is 5.69 Å². The lowest BCUT2D eigenvalue weighted by Gasteiger charge is -2.04. The Balaban J connectivity index is 2.21. The van der Waals surface area contributed by atoms with E-state index in [0.29, 0.717) is 12.1 Å². The summed E-state index contributed by atoms with van der Waals surface area (Å²) in [7, 11) is 0. The van der Waals surface area contributed by atoms with Gasteiger partial charge in [0.15, 0.2) is 5.82 Å². The van der Waals surface area contributed by atoms with Crippen molar-refractivity contribution in [2.45, 2.75) is 6.54 Å². The molecule has 2 rings (SSSR count). The summed E-state index contributed by atoms with van der Waals surface area (Å²) in [6, 6.07) is 4.14. The van der Waals surface area contributed by atoms with Crippen LogP contribution in [0.3, 0.4) is 0 Å². The first-order valence-corrected chi connectivity index (χ1v) is 4.93. The summed E-state index contributed by atoms with van der Waals surface area (Å²) < 4.78 is 4.54. The normalized spacial score (nSPS) is 10.0. The van der Waals surface area contributed by atoms with Gasteiger partial charge < -0.3 is 9.84 Å². The highest BCUT2D eigenvalue weighted by atomic mass is 16.6. The average Bonchev–Trinajstić information content (AvgIpc) is 2.89. The largest absolute Gasteiger partial charge is 0.372 e. The van der Waals surface area contributed by atoms with Crippen LogP contribution in [0.1, 0.15) is 16.2 Å². The smallest absolute Gasteiger partial charge is 0.293 e. The molecule has 8 nitrogen and oxygen atoms in total. The fraction of sp³-hybridized carbons (Fsp3) is 0.100. The summed E-state index contributed by atoms with van der Waals surface area (Å²) in [6.45, 7) is 0.192. The summed E-state index contributed by atoms with van der Waals surface area (Å²) in [5.41, 5.74) is 0.352. The second-order valence-electron chi connectivity index (χ2n) is 3.35. The van der Waals surface area contributed by atoms with Crippen LogP contribution in [0, 0.1) is 10.1 Å². The molecule has 0 atom stereocenters. The monoisotopic (exact) mass is 248 g/mol. The van der Waals surface area contributed by atoms with Crippen molar-refractivity contribution in [1.82, 2.24) is 10.1 Å². The van der Waals surface area contributed by atoms with Crippen LogP contribution in [0.4, 0.5) is 11.4 Å². The van der Waals surface area contributed by atoms with Crippen molar-refractivity contribution in [3.63, 3.8) is 0 Å². The van der Waals surface area contributed by atoms with Crippen molar-refractivity contribution in [2.24, 2.45) is 0 Å². The first-order valence-electron chi connectivity index (χ1n) is 4.93. The molecule has 0 radical (unpaired) electrons. The highest BCUT2D eigenvalue weighted by molar-refractivity contribution is 5.79. The fourth-order valence-corrected chi connectivity index (χ4v) is 1.37. The summed E-state index contributed by atoms with van der Waals surface area (Å²) in [6.07, 6.45) is 1.72. The fourth-order valence-electron chi connectivity index (χ4n) is 1.37. The molecule has 0 aliphatic heterocycles. The molecule has 0 bridgehead atoms. The molecule has 8 heteroatoms. The lowest BCUT2D eigenvalue weighted by Crippen LogP contribution is -2.04. The van der Waals surface area contributed by atoms with Crippen LogP contribution >= 0.6 is 0 Å². The molecular weight excluding hydrogens is 240 g/mol. The quantitative estimate of drug-likeness (QED) is 0.483. The van der Waals surface area contributed by atoms with Crippen molar-refractivity contribution in [2.75, 3.05) is 5.32 Å². The Hall–Kier alpha value is -2.77. The van der Waals surface area contributed by atoms with Crippen molar-refractivity contribution >= 4 is 17.7 Å². The Morgan fingerprint density at radius 1 is 1.50 bits per heavy atom. The molecule has 0 unspecified atom stereocenters. The van der Waals surface area contributed by atoms with E-state index in [1.807, 2.05) is 0 Å². The van der Waals surface area contributed by atoms with Gasteiger partial charge in [0.2, 0.25) is 6.39 Å². The molecule has 18 heavy (non-hydrogen) atoms. The second kappa shape index (κ2) is 5.04.